The Hall–Kier alpha value is -0.650. The molecule has 3 N–H and O–H groups in total. The maximum absolute atomic E-state index is 11.5. The maximum atomic E-state index is 11.5. The van der Waals surface area contributed by atoms with E-state index >= 15 is 0 Å². The van der Waals surface area contributed by atoms with Crippen LogP contribution in [0.3, 0.4) is 0 Å². The third-order valence-corrected chi connectivity index (χ3v) is 3.02. The smallest absolute Gasteiger partial charge is 0.220 e. The van der Waals surface area contributed by atoms with Gasteiger partial charge in [-0.15, -0.1) is 0 Å². The Kier molecular flexibility index (Phi) is 8.81. The van der Waals surface area contributed by atoms with Gasteiger partial charge in [0.25, 0.3) is 0 Å². The molecule has 5 heteroatoms. The van der Waals surface area contributed by atoms with Crippen LogP contribution in [0.25, 0.3) is 0 Å². The van der Waals surface area contributed by atoms with Gasteiger partial charge in [-0.2, -0.15) is 0 Å². The number of carbonyl (C=O) groups excluding carboxylic acids is 1. The lowest BCUT2D eigenvalue weighted by atomic mass is 10.0. The van der Waals surface area contributed by atoms with Crippen LogP contribution in [0.1, 0.15) is 38.5 Å². The summed E-state index contributed by atoms with van der Waals surface area (Å²) in [6, 6.07) is 0. The first-order chi connectivity index (χ1) is 8.83. The topological polar surface area (TPSA) is 73.6 Å². The van der Waals surface area contributed by atoms with E-state index in [0.717, 1.165) is 32.3 Å². The van der Waals surface area contributed by atoms with Gasteiger partial charge in [-0.25, -0.2) is 0 Å². The summed E-state index contributed by atoms with van der Waals surface area (Å²) < 4.78 is 10.8. The number of amides is 1. The number of carbonyl (C=O) groups is 1. The summed E-state index contributed by atoms with van der Waals surface area (Å²) in [5.74, 6) is 0.114. The van der Waals surface area contributed by atoms with E-state index in [-0.39, 0.29) is 12.0 Å². The number of hydrogen-bond acceptors (Lipinski definition) is 4. The van der Waals surface area contributed by atoms with Crippen LogP contribution in [-0.2, 0) is 14.3 Å². The summed E-state index contributed by atoms with van der Waals surface area (Å²) >= 11 is 0. The molecule has 5 nitrogen and oxygen atoms in total. The van der Waals surface area contributed by atoms with Crippen LogP contribution in [0.2, 0.25) is 0 Å². The molecule has 1 fully saturated rings. The normalized spacial score (nSPS) is 19.7. The van der Waals surface area contributed by atoms with Crippen molar-refractivity contribution in [1.29, 1.82) is 0 Å². The molecule has 1 aliphatic heterocycles. The van der Waals surface area contributed by atoms with E-state index in [9.17, 15) is 4.79 Å². The highest BCUT2D eigenvalue weighted by Gasteiger charge is 2.14. The van der Waals surface area contributed by atoms with Gasteiger partial charge >= 0.3 is 0 Å². The third kappa shape index (κ3) is 7.63. The number of ether oxygens (including phenoxy) is 2. The molecule has 0 bridgehead atoms. The van der Waals surface area contributed by atoms with Crippen molar-refractivity contribution < 1.29 is 14.3 Å². The Balaban J connectivity index is 1.90. The van der Waals surface area contributed by atoms with Gasteiger partial charge in [-0.3, -0.25) is 4.79 Å². The number of nitrogens with one attached hydrogen (secondary N) is 1. The molecule has 18 heavy (non-hydrogen) atoms. The predicted octanol–water partition coefficient (Wildman–Crippen LogP) is 0.817. The number of rotatable bonds is 9. The first-order valence-corrected chi connectivity index (χ1v) is 6.99. The molecular weight excluding hydrogens is 232 g/mol. The molecule has 0 saturated carbocycles. The summed E-state index contributed by atoms with van der Waals surface area (Å²) in [5, 5.41) is 2.89. The second-order valence-corrected chi connectivity index (χ2v) is 4.63. The van der Waals surface area contributed by atoms with Crippen molar-refractivity contribution in [3.63, 3.8) is 0 Å². The van der Waals surface area contributed by atoms with E-state index in [1.807, 2.05) is 0 Å². The van der Waals surface area contributed by atoms with Gasteiger partial charge < -0.3 is 20.5 Å². The maximum Gasteiger partial charge on any atom is 0.220 e. The third-order valence-electron chi connectivity index (χ3n) is 3.02. The largest absolute Gasteiger partial charge is 0.380 e. The fourth-order valence-electron chi connectivity index (χ4n) is 2.00. The molecule has 1 heterocycles. The van der Waals surface area contributed by atoms with Gasteiger partial charge in [-0.1, -0.05) is 0 Å². The zero-order valence-corrected chi connectivity index (χ0v) is 11.2. The Labute approximate surface area is 109 Å². The Morgan fingerprint density at radius 2 is 2.28 bits per heavy atom. The van der Waals surface area contributed by atoms with Crippen molar-refractivity contribution in [3.05, 3.63) is 0 Å². The van der Waals surface area contributed by atoms with Crippen molar-refractivity contribution in [2.45, 2.75) is 44.6 Å². The lowest BCUT2D eigenvalue weighted by Gasteiger charge is -2.22. The fraction of sp³-hybridized carbons (Fsp3) is 0.923. The molecule has 106 valence electrons. The average molecular weight is 258 g/mol. The van der Waals surface area contributed by atoms with Crippen LogP contribution in [-0.4, -0.2) is 44.9 Å². The lowest BCUT2D eigenvalue weighted by Crippen LogP contribution is -2.27. The highest BCUT2D eigenvalue weighted by Crippen LogP contribution is 2.16. The van der Waals surface area contributed by atoms with E-state index in [1.165, 1.54) is 6.42 Å². The summed E-state index contributed by atoms with van der Waals surface area (Å²) in [7, 11) is 0. The molecule has 0 aromatic carbocycles. The first kappa shape index (κ1) is 15.4. The van der Waals surface area contributed by atoms with E-state index in [2.05, 4.69) is 5.32 Å². The predicted molar refractivity (Wildman–Crippen MR) is 70.3 cm³/mol. The minimum atomic E-state index is 0.114. The summed E-state index contributed by atoms with van der Waals surface area (Å²) in [6.07, 6.45) is 6.02. The minimum Gasteiger partial charge on any atom is -0.380 e. The second kappa shape index (κ2) is 10.3. The first-order valence-electron chi connectivity index (χ1n) is 6.99. The molecule has 0 spiro atoms. The Morgan fingerprint density at radius 1 is 1.39 bits per heavy atom. The molecule has 1 unspecified atom stereocenters. The highest BCUT2D eigenvalue weighted by atomic mass is 16.5. The van der Waals surface area contributed by atoms with Gasteiger partial charge in [-0.05, 0) is 32.1 Å². The van der Waals surface area contributed by atoms with Crippen LogP contribution < -0.4 is 11.1 Å². The molecule has 0 aliphatic carbocycles. The zero-order chi connectivity index (χ0) is 13.1. The van der Waals surface area contributed by atoms with E-state index in [1.54, 1.807) is 0 Å². The number of nitrogens with two attached hydrogens (primary N) is 1. The highest BCUT2D eigenvalue weighted by molar-refractivity contribution is 5.75. The lowest BCUT2D eigenvalue weighted by molar-refractivity contribution is -0.122. The van der Waals surface area contributed by atoms with Gasteiger partial charge in [0, 0.05) is 32.7 Å². The van der Waals surface area contributed by atoms with Crippen LogP contribution in [0.15, 0.2) is 0 Å². The second-order valence-electron chi connectivity index (χ2n) is 4.63. The van der Waals surface area contributed by atoms with Gasteiger partial charge in [0.2, 0.25) is 5.91 Å². The Bertz CT molecular complexity index is 218. The van der Waals surface area contributed by atoms with Gasteiger partial charge in [0.05, 0.1) is 12.7 Å². The standard InChI is InChI=1S/C13H26N2O3/c14-7-11-17-9-3-8-15-13(16)6-5-12-4-1-2-10-18-12/h12H,1-11,14H2,(H,15,16). The summed E-state index contributed by atoms with van der Waals surface area (Å²) in [4.78, 5) is 11.5. The molecule has 1 saturated heterocycles. The molecule has 0 aromatic heterocycles. The molecule has 1 rings (SSSR count). The summed E-state index contributed by atoms with van der Waals surface area (Å²) in [5.41, 5.74) is 5.30. The van der Waals surface area contributed by atoms with Gasteiger partial charge in [0.1, 0.15) is 0 Å². The van der Waals surface area contributed by atoms with Crippen molar-refractivity contribution >= 4 is 5.91 Å². The molecule has 0 aromatic rings. The SMILES string of the molecule is NCCOCCCNC(=O)CCC1CCCCO1. The zero-order valence-electron chi connectivity index (χ0n) is 11.2. The molecular formula is C13H26N2O3. The van der Waals surface area contributed by atoms with Crippen LogP contribution in [0.4, 0.5) is 0 Å². The van der Waals surface area contributed by atoms with Gasteiger partial charge in [0.15, 0.2) is 0 Å². The molecule has 1 atom stereocenters. The quantitative estimate of drug-likeness (QED) is 0.600. The fourth-order valence-corrected chi connectivity index (χ4v) is 2.00. The Morgan fingerprint density at radius 3 is 3.00 bits per heavy atom. The monoisotopic (exact) mass is 258 g/mol. The average Bonchev–Trinajstić information content (AvgIpc) is 2.41. The van der Waals surface area contributed by atoms with Crippen molar-refractivity contribution in [2.24, 2.45) is 5.73 Å². The van der Waals surface area contributed by atoms with Crippen molar-refractivity contribution in [2.75, 3.05) is 32.9 Å². The van der Waals surface area contributed by atoms with Crippen LogP contribution >= 0.6 is 0 Å². The van der Waals surface area contributed by atoms with E-state index in [0.29, 0.717) is 32.7 Å². The minimum absolute atomic E-state index is 0.114. The van der Waals surface area contributed by atoms with E-state index < -0.39 is 0 Å². The van der Waals surface area contributed by atoms with Crippen molar-refractivity contribution in [3.8, 4) is 0 Å². The summed E-state index contributed by atoms with van der Waals surface area (Å²) in [6.45, 7) is 3.32. The van der Waals surface area contributed by atoms with Crippen LogP contribution in [0, 0.1) is 0 Å². The molecule has 1 aliphatic rings. The number of hydrogen-bond donors (Lipinski definition) is 2. The van der Waals surface area contributed by atoms with Crippen LogP contribution in [0.5, 0.6) is 0 Å². The molecule has 1 amide bonds. The van der Waals surface area contributed by atoms with E-state index in [4.69, 9.17) is 15.2 Å². The van der Waals surface area contributed by atoms with Crippen molar-refractivity contribution in [1.82, 2.24) is 5.32 Å². The molecule has 0 radical (unpaired) electrons.